The van der Waals surface area contributed by atoms with Gasteiger partial charge in [-0.25, -0.2) is 9.59 Å². The van der Waals surface area contributed by atoms with Gasteiger partial charge in [0.15, 0.2) is 0 Å². The zero-order valence-corrected chi connectivity index (χ0v) is 15.3. The van der Waals surface area contributed by atoms with Gasteiger partial charge >= 0.3 is 12.1 Å². The second-order valence-electron chi connectivity index (χ2n) is 6.57. The first kappa shape index (κ1) is 18.4. The van der Waals surface area contributed by atoms with Gasteiger partial charge in [-0.1, -0.05) is 17.7 Å². The number of carbonyl (C=O) groups is 2. The highest BCUT2D eigenvalue weighted by Crippen LogP contribution is 2.36. The monoisotopic (exact) mass is 355 g/mol. The molecule has 1 aliphatic rings. The Labute approximate surface area is 146 Å². The Balaban J connectivity index is 2.40. The summed E-state index contributed by atoms with van der Waals surface area (Å²) in [6.45, 7) is 5.54. The van der Waals surface area contributed by atoms with Gasteiger partial charge in [0.05, 0.1) is 25.8 Å². The molecule has 0 aromatic heterocycles. The Morgan fingerprint density at radius 3 is 2.46 bits per heavy atom. The fourth-order valence-electron chi connectivity index (χ4n) is 2.62. The van der Waals surface area contributed by atoms with E-state index in [4.69, 9.17) is 25.8 Å². The standard InChI is InChI=1S/C17H22ClNO5/c1-17(2,3)24-16(21)19-9-10-6-7-13(22-4)14(18)11(10)8-12(19)15(20)23-5/h6-7,12H,8-9H2,1-5H3. The highest BCUT2D eigenvalue weighted by molar-refractivity contribution is 6.33. The largest absolute Gasteiger partial charge is 0.495 e. The van der Waals surface area contributed by atoms with Crippen LogP contribution in [0.2, 0.25) is 5.02 Å². The summed E-state index contributed by atoms with van der Waals surface area (Å²) in [7, 11) is 2.82. The first-order chi connectivity index (χ1) is 11.2. The normalized spacial score (nSPS) is 17.1. The summed E-state index contributed by atoms with van der Waals surface area (Å²) >= 11 is 6.36. The van der Waals surface area contributed by atoms with Gasteiger partial charge in [0.2, 0.25) is 0 Å². The minimum absolute atomic E-state index is 0.216. The van der Waals surface area contributed by atoms with Crippen molar-refractivity contribution in [2.45, 2.75) is 45.4 Å². The third-order valence-corrected chi connectivity index (χ3v) is 4.15. The lowest BCUT2D eigenvalue weighted by molar-refractivity contribution is -0.147. The van der Waals surface area contributed by atoms with Gasteiger partial charge in [-0.2, -0.15) is 0 Å². The predicted octanol–water partition coefficient (Wildman–Crippen LogP) is 3.18. The molecule has 0 saturated heterocycles. The number of benzene rings is 1. The van der Waals surface area contributed by atoms with Crippen molar-refractivity contribution in [2.75, 3.05) is 14.2 Å². The molecule has 0 bridgehead atoms. The summed E-state index contributed by atoms with van der Waals surface area (Å²) in [6, 6.07) is 2.79. The highest BCUT2D eigenvalue weighted by atomic mass is 35.5. The number of halogens is 1. The van der Waals surface area contributed by atoms with E-state index < -0.39 is 23.7 Å². The molecule has 1 atom stereocenters. The van der Waals surface area contributed by atoms with Gasteiger partial charge in [-0.15, -0.1) is 0 Å². The van der Waals surface area contributed by atoms with Crippen molar-refractivity contribution < 1.29 is 23.8 Å². The molecule has 1 aromatic rings. The number of esters is 1. The number of fused-ring (bicyclic) bond motifs is 1. The maximum atomic E-state index is 12.5. The Hall–Kier alpha value is -1.95. The van der Waals surface area contributed by atoms with Crippen molar-refractivity contribution in [1.29, 1.82) is 0 Å². The Morgan fingerprint density at radius 2 is 1.92 bits per heavy atom. The van der Waals surface area contributed by atoms with E-state index in [9.17, 15) is 9.59 Å². The number of amides is 1. The van der Waals surface area contributed by atoms with Crippen molar-refractivity contribution in [1.82, 2.24) is 4.90 Å². The molecule has 7 heteroatoms. The molecule has 2 rings (SSSR count). The average molecular weight is 356 g/mol. The number of hydrogen-bond donors (Lipinski definition) is 0. The Kier molecular flexibility index (Phi) is 5.28. The molecular formula is C17H22ClNO5. The number of carbonyl (C=O) groups excluding carboxylic acids is 2. The van der Waals surface area contributed by atoms with E-state index in [1.165, 1.54) is 19.1 Å². The van der Waals surface area contributed by atoms with Crippen LogP contribution in [-0.2, 0) is 27.2 Å². The van der Waals surface area contributed by atoms with Gasteiger partial charge in [0.25, 0.3) is 0 Å². The van der Waals surface area contributed by atoms with Crippen LogP contribution in [0.25, 0.3) is 0 Å². The van der Waals surface area contributed by atoms with Crippen molar-refractivity contribution in [3.63, 3.8) is 0 Å². The second kappa shape index (κ2) is 6.89. The summed E-state index contributed by atoms with van der Waals surface area (Å²) in [4.78, 5) is 26.1. The molecule has 1 heterocycles. The zero-order chi connectivity index (χ0) is 18.1. The quantitative estimate of drug-likeness (QED) is 0.762. The second-order valence-corrected chi connectivity index (χ2v) is 6.95. The molecule has 24 heavy (non-hydrogen) atoms. The lowest BCUT2D eigenvalue weighted by Gasteiger charge is -2.36. The van der Waals surface area contributed by atoms with E-state index in [1.54, 1.807) is 26.8 Å². The molecule has 0 aliphatic carbocycles. The summed E-state index contributed by atoms with van der Waals surface area (Å²) < 4.78 is 15.5. The lowest BCUT2D eigenvalue weighted by atomic mass is 9.93. The maximum Gasteiger partial charge on any atom is 0.411 e. The molecule has 0 fully saturated rings. The first-order valence-electron chi connectivity index (χ1n) is 7.59. The van der Waals surface area contributed by atoms with Crippen LogP contribution in [0, 0.1) is 0 Å². The van der Waals surface area contributed by atoms with Gasteiger partial charge in [-0.3, -0.25) is 4.90 Å². The van der Waals surface area contributed by atoms with Crippen molar-refractivity contribution >= 4 is 23.7 Å². The molecule has 0 radical (unpaired) electrons. The smallest absolute Gasteiger partial charge is 0.411 e. The molecule has 0 saturated carbocycles. The molecule has 1 unspecified atom stereocenters. The van der Waals surface area contributed by atoms with Crippen LogP contribution >= 0.6 is 11.6 Å². The summed E-state index contributed by atoms with van der Waals surface area (Å²) in [5.41, 5.74) is 0.980. The number of rotatable bonds is 2. The molecule has 0 spiro atoms. The van der Waals surface area contributed by atoms with E-state index in [0.29, 0.717) is 10.8 Å². The topological polar surface area (TPSA) is 65.1 Å². The van der Waals surface area contributed by atoms with Gasteiger partial charge in [0, 0.05) is 6.42 Å². The fourth-order valence-corrected chi connectivity index (χ4v) is 2.96. The van der Waals surface area contributed by atoms with Crippen LogP contribution in [0.5, 0.6) is 5.75 Å². The minimum atomic E-state index is -0.790. The van der Waals surface area contributed by atoms with E-state index in [1.807, 2.05) is 6.07 Å². The predicted molar refractivity (Wildman–Crippen MR) is 89.3 cm³/mol. The number of hydrogen-bond acceptors (Lipinski definition) is 5. The van der Waals surface area contributed by atoms with Crippen LogP contribution in [0.15, 0.2) is 12.1 Å². The molecule has 132 valence electrons. The number of nitrogens with zero attached hydrogens (tertiary/aromatic N) is 1. The fraction of sp³-hybridized carbons (Fsp3) is 0.529. The van der Waals surface area contributed by atoms with Crippen LogP contribution in [0.4, 0.5) is 4.79 Å². The highest BCUT2D eigenvalue weighted by Gasteiger charge is 2.38. The molecule has 1 amide bonds. The lowest BCUT2D eigenvalue weighted by Crippen LogP contribution is -2.50. The van der Waals surface area contributed by atoms with Gasteiger partial charge in [0.1, 0.15) is 17.4 Å². The third kappa shape index (κ3) is 3.75. The zero-order valence-electron chi connectivity index (χ0n) is 14.5. The molecule has 6 nitrogen and oxygen atoms in total. The van der Waals surface area contributed by atoms with E-state index in [2.05, 4.69) is 0 Å². The first-order valence-corrected chi connectivity index (χ1v) is 7.97. The minimum Gasteiger partial charge on any atom is -0.495 e. The van der Waals surface area contributed by atoms with Gasteiger partial charge < -0.3 is 14.2 Å². The molecule has 1 aromatic carbocycles. The average Bonchev–Trinajstić information content (AvgIpc) is 2.52. The summed E-state index contributed by atoms with van der Waals surface area (Å²) in [5.74, 6) is 0.0233. The summed E-state index contributed by atoms with van der Waals surface area (Å²) in [6.07, 6.45) is -0.312. The Bertz CT molecular complexity index is 653. The van der Waals surface area contributed by atoms with E-state index in [-0.39, 0.29) is 13.0 Å². The van der Waals surface area contributed by atoms with Gasteiger partial charge in [-0.05, 0) is 38.0 Å². The Morgan fingerprint density at radius 1 is 1.25 bits per heavy atom. The van der Waals surface area contributed by atoms with Crippen molar-refractivity contribution in [3.8, 4) is 5.75 Å². The third-order valence-electron chi connectivity index (χ3n) is 3.74. The van der Waals surface area contributed by atoms with Crippen LogP contribution < -0.4 is 4.74 Å². The SMILES string of the molecule is COC(=O)C1Cc2c(ccc(OC)c2Cl)CN1C(=O)OC(C)(C)C. The number of ether oxygens (including phenoxy) is 3. The summed E-state index contributed by atoms with van der Waals surface area (Å²) in [5, 5.41) is 0.452. The van der Waals surface area contributed by atoms with E-state index >= 15 is 0 Å². The van der Waals surface area contributed by atoms with Crippen LogP contribution in [0.1, 0.15) is 31.9 Å². The van der Waals surface area contributed by atoms with Crippen LogP contribution in [-0.4, -0.2) is 42.8 Å². The van der Waals surface area contributed by atoms with E-state index in [0.717, 1.165) is 11.1 Å². The maximum absolute atomic E-state index is 12.5. The van der Waals surface area contributed by atoms with Crippen LogP contribution in [0.3, 0.4) is 0 Å². The molecular weight excluding hydrogens is 334 g/mol. The van der Waals surface area contributed by atoms with Crippen molar-refractivity contribution in [3.05, 3.63) is 28.3 Å². The van der Waals surface area contributed by atoms with Crippen molar-refractivity contribution in [2.24, 2.45) is 0 Å². The number of methoxy groups -OCH3 is 2. The molecule has 1 aliphatic heterocycles. The molecule has 0 N–H and O–H groups in total.